The largest absolute Gasteiger partial charge is 0.368 e. The number of halogens is 1. The minimum Gasteiger partial charge on any atom is -0.368 e. The fourth-order valence-corrected chi connectivity index (χ4v) is 2.54. The molecule has 4 nitrogen and oxygen atoms in total. The third-order valence-corrected chi connectivity index (χ3v) is 4.04. The van der Waals surface area contributed by atoms with Crippen LogP contribution in [0.25, 0.3) is 0 Å². The zero-order valence-corrected chi connectivity index (χ0v) is 13.2. The average Bonchev–Trinajstić information content (AvgIpc) is 2.49. The Labute approximate surface area is 126 Å². The first-order chi connectivity index (χ1) is 10.00. The first-order valence-corrected chi connectivity index (χ1v) is 7.53. The molecular weight excluding hydrogens is 269 g/mol. The average molecular weight is 295 g/mol. The highest BCUT2D eigenvalue weighted by molar-refractivity contribution is 5.86. The van der Waals surface area contributed by atoms with Gasteiger partial charge in [0.05, 0.1) is 0 Å². The lowest BCUT2D eigenvalue weighted by molar-refractivity contribution is -0.125. The highest BCUT2D eigenvalue weighted by Crippen LogP contribution is 2.25. The van der Waals surface area contributed by atoms with Crippen molar-refractivity contribution < 1.29 is 9.18 Å². The number of carbonyl (C=O) groups excluding carboxylic acids is 1. The minimum atomic E-state index is -0.944. The maximum absolute atomic E-state index is 13.1. The number of primary amides is 1. The molecule has 0 spiro atoms. The molecule has 0 aliphatic heterocycles. The van der Waals surface area contributed by atoms with Gasteiger partial charge in [-0.3, -0.25) is 10.1 Å². The van der Waals surface area contributed by atoms with Gasteiger partial charge in [-0.15, -0.1) is 0 Å². The normalized spacial score (nSPS) is 14.1. The Morgan fingerprint density at radius 1 is 1.24 bits per heavy atom. The lowest BCUT2D eigenvalue weighted by Crippen LogP contribution is -2.54. The van der Waals surface area contributed by atoms with Crippen molar-refractivity contribution in [2.75, 3.05) is 26.2 Å². The first-order valence-electron chi connectivity index (χ1n) is 7.53. The summed E-state index contributed by atoms with van der Waals surface area (Å²) in [5.41, 5.74) is 5.39. The van der Waals surface area contributed by atoms with E-state index < -0.39 is 11.4 Å². The third kappa shape index (κ3) is 4.25. The van der Waals surface area contributed by atoms with Gasteiger partial charge < -0.3 is 10.6 Å². The summed E-state index contributed by atoms with van der Waals surface area (Å²) >= 11 is 0. The van der Waals surface area contributed by atoms with Crippen LogP contribution in [0.2, 0.25) is 0 Å². The molecule has 0 heterocycles. The molecular formula is C16H26FN3O. The van der Waals surface area contributed by atoms with Gasteiger partial charge in [0.2, 0.25) is 5.91 Å². The van der Waals surface area contributed by atoms with Crippen molar-refractivity contribution in [3.63, 3.8) is 0 Å². The summed E-state index contributed by atoms with van der Waals surface area (Å²) in [7, 11) is 0. The van der Waals surface area contributed by atoms with Crippen molar-refractivity contribution >= 4 is 5.91 Å². The Balaban J connectivity index is 2.89. The van der Waals surface area contributed by atoms with Gasteiger partial charge in [0, 0.05) is 13.1 Å². The van der Waals surface area contributed by atoms with E-state index in [2.05, 4.69) is 24.1 Å². The predicted octanol–water partition coefficient (Wildman–Crippen LogP) is 1.85. The van der Waals surface area contributed by atoms with E-state index in [1.165, 1.54) is 12.1 Å². The number of nitrogens with two attached hydrogens (primary N) is 1. The smallest absolute Gasteiger partial charge is 0.242 e. The lowest BCUT2D eigenvalue weighted by Gasteiger charge is -2.32. The summed E-state index contributed by atoms with van der Waals surface area (Å²) in [6.45, 7) is 9.52. The fraction of sp³-hybridized carbons (Fsp3) is 0.562. The number of nitrogens with one attached hydrogen (secondary N) is 1. The molecule has 0 saturated heterocycles. The Kier molecular flexibility index (Phi) is 6.78. The summed E-state index contributed by atoms with van der Waals surface area (Å²) in [4.78, 5) is 14.3. The molecule has 3 N–H and O–H groups in total. The molecule has 21 heavy (non-hydrogen) atoms. The molecule has 0 aliphatic carbocycles. The van der Waals surface area contributed by atoms with Crippen LogP contribution < -0.4 is 11.1 Å². The SMILES string of the molecule is CCN(CC)CCNC(CC)(C(N)=O)c1ccc(F)cc1. The van der Waals surface area contributed by atoms with Gasteiger partial charge in [0.15, 0.2) is 0 Å². The van der Waals surface area contributed by atoms with Gasteiger partial charge in [0.25, 0.3) is 0 Å². The summed E-state index contributed by atoms with van der Waals surface area (Å²) in [5.74, 6) is -0.757. The van der Waals surface area contributed by atoms with Crippen LogP contribution in [0.4, 0.5) is 4.39 Å². The molecule has 0 aromatic heterocycles. The van der Waals surface area contributed by atoms with E-state index in [4.69, 9.17) is 5.73 Å². The first kappa shape index (κ1) is 17.6. The number of amides is 1. The second-order valence-corrected chi connectivity index (χ2v) is 5.08. The van der Waals surface area contributed by atoms with E-state index in [0.717, 1.165) is 19.6 Å². The molecule has 0 saturated carbocycles. The summed E-state index contributed by atoms with van der Waals surface area (Å²) < 4.78 is 13.1. The van der Waals surface area contributed by atoms with Gasteiger partial charge in [-0.2, -0.15) is 0 Å². The molecule has 118 valence electrons. The van der Waals surface area contributed by atoms with Gasteiger partial charge in [0.1, 0.15) is 11.4 Å². The molecule has 0 aliphatic rings. The minimum absolute atomic E-state index is 0.323. The number of hydrogen-bond acceptors (Lipinski definition) is 3. The number of rotatable bonds is 9. The zero-order chi connectivity index (χ0) is 15.9. The molecule has 1 rings (SSSR count). The second-order valence-electron chi connectivity index (χ2n) is 5.08. The van der Waals surface area contributed by atoms with Crippen LogP contribution in [-0.4, -0.2) is 37.0 Å². The highest BCUT2D eigenvalue weighted by atomic mass is 19.1. The highest BCUT2D eigenvalue weighted by Gasteiger charge is 2.36. The number of hydrogen-bond donors (Lipinski definition) is 2. The Bertz CT molecular complexity index is 445. The second kappa shape index (κ2) is 8.10. The Morgan fingerprint density at radius 2 is 1.81 bits per heavy atom. The molecule has 1 atom stereocenters. The maximum Gasteiger partial charge on any atom is 0.242 e. The number of benzene rings is 1. The quantitative estimate of drug-likeness (QED) is 0.731. The van der Waals surface area contributed by atoms with Crippen molar-refractivity contribution in [3.8, 4) is 0 Å². The molecule has 5 heteroatoms. The lowest BCUT2D eigenvalue weighted by atomic mass is 9.86. The van der Waals surface area contributed by atoms with E-state index in [1.807, 2.05) is 6.92 Å². The monoisotopic (exact) mass is 295 g/mol. The van der Waals surface area contributed by atoms with Gasteiger partial charge in [-0.25, -0.2) is 4.39 Å². The number of carbonyl (C=O) groups is 1. The van der Waals surface area contributed by atoms with Gasteiger partial charge in [-0.1, -0.05) is 32.9 Å². The van der Waals surface area contributed by atoms with Gasteiger partial charge >= 0.3 is 0 Å². The zero-order valence-electron chi connectivity index (χ0n) is 13.2. The molecule has 1 amide bonds. The van der Waals surface area contributed by atoms with Crippen LogP contribution >= 0.6 is 0 Å². The Hall–Kier alpha value is -1.46. The summed E-state index contributed by atoms with van der Waals surface area (Å²) in [5, 5.41) is 3.28. The van der Waals surface area contributed by atoms with Crippen LogP contribution in [0.3, 0.4) is 0 Å². The standard InChI is InChI=1S/C16H26FN3O/c1-4-16(15(18)21,13-7-9-14(17)10-8-13)19-11-12-20(5-2)6-3/h7-10,19H,4-6,11-12H2,1-3H3,(H2,18,21). The number of nitrogens with zero attached hydrogens (tertiary/aromatic N) is 1. The third-order valence-electron chi connectivity index (χ3n) is 4.04. The number of likely N-dealkylation sites (N-methyl/N-ethyl adjacent to an activating group) is 1. The fourth-order valence-electron chi connectivity index (χ4n) is 2.54. The van der Waals surface area contributed by atoms with Crippen LogP contribution in [0.15, 0.2) is 24.3 Å². The van der Waals surface area contributed by atoms with Crippen molar-refractivity contribution in [1.82, 2.24) is 10.2 Å². The van der Waals surface area contributed by atoms with E-state index in [9.17, 15) is 9.18 Å². The van der Waals surface area contributed by atoms with Crippen LogP contribution in [0.1, 0.15) is 32.8 Å². The van der Waals surface area contributed by atoms with E-state index in [1.54, 1.807) is 12.1 Å². The van der Waals surface area contributed by atoms with Crippen LogP contribution in [-0.2, 0) is 10.3 Å². The van der Waals surface area contributed by atoms with Gasteiger partial charge in [-0.05, 0) is 37.2 Å². The van der Waals surface area contributed by atoms with E-state index in [-0.39, 0.29) is 5.82 Å². The summed E-state index contributed by atoms with van der Waals surface area (Å²) in [6, 6.07) is 5.95. The van der Waals surface area contributed by atoms with Crippen molar-refractivity contribution in [2.45, 2.75) is 32.7 Å². The molecule has 0 radical (unpaired) electrons. The van der Waals surface area contributed by atoms with E-state index in [0.29, 0.717) is 18.5 Å². The topological polar surface area (TPSA) is 58.4 Å². The van der Waals surface area contributed by atoms with Crippen molar-refractivity contribution in [2.24, 2.45) is 5.73 Å². The van der Waals surface area contributed by atoms with Crippen LogP contribution in [0.5, 0.6) is 0 Å². The Morgan fingerprint density at radius 3 is 2.24 bits per heavy atom. The molecule has 0 fully saturated rings. The molecule has 1 aromatic carbocycles. The summed E-state index contributed by atoms with van der Waals surface area (Å²) in [6.07, 6.45) is 0.520. The molecule has 1 aromatic rings. The molecule has 0 bridgehead atoms. The van der Waals surface area contributed by atoms with Crippen molar-refractivity contribution in [3.05, 3.63) is 35.6 Å². The van der Waals surface area contributed by atoms with Crippen molar-refractivity contribution in [1.29, 1.82) is 0 Å². The van der Waals surface area contributed by atoms with E-state index >= 15 is 0 Å². The molecule has 1 unspecified atom stereocenters. The maximum atomic E-state index is 13.1. The van der Waals surface area contributed by atoms with Crippen LogP contribution in [0, 0.1) is 5.82 Å². The predicted molar refractivity (Wildman–Crippen MR) is 83.4 cm³/mol.